The molecule has 0 saturated carbocycles. The molecule has 3 aromatic heterocycles. The van der Waals surface area contributed by atoms with Crippen LogP contribution in [0, 0.1) is 5.41 Å². The maximum Gasteiger partial charge on any atom is 0.475 e. The molecule has 1 atom stereocenters. The molecule has 0 radical (unpaired) electrons. The van der Waals surface area contributed by atoms with Gasteiger partial charge in [0.2, 0.25) is 5.43 Å². The molecule has 56 heavy (non-hydrogen) atoms. The van der Waals surface area contributed by atoms with E-state index in [1.54, 1.807) is 72.1 Å². The Balaban J connectivity index is 1.97. The highest BCUT2D eigenvalue weighted by molar-refractivity contribution is 7.48. The Labute approximate surface area is 327 Å². The molecule has 2 N–H and O–H groups in total. The second-order valence-electron chi connectivity index (χ2n) is 15.9. The molecular formula is C38H49F3N5O8PS. The van der Waals surface area contributed by atoms with E-state index in [9.17, 15) is 32.1 Å². The SMILES string of the molecule is CCNC(=O)Nc1cc(-c2nc(C(F)(F)F)cs2)c(-c2ccc3c(c2)c(=O)c(C(=O)OCC)cn3[C@H](COP(=O)(OC(C)(C)C)OC(C)(C)C)C(C)(C)C)cn1. The van der Waals surface area contributed by atoms with Crippen molar-refractivity contribution in [3.8, 4) is 21.7 Å². The summed E-state index contributed by atoms with van der Waals surface area (Å²) >= 11 is 0.746. The fourth-order valence-corrected chi connectivity index (χ4v) is 8.23. The third kappa shape index (κ3) is 11.2. The van der Waals surface area contributed by atoms with E-state index >= 15 is 0 Å². The van der Waals surface area contributed by atoms with Crippen molar-refractivity contribution in [3.05, 3.63) is 63.5 Å². The third-order valence-corrected chi connectivity index (χ3v) is 10.7. The predicted octanol–water partition coefficient (Wildman–Crippen LogP) is 9.87. The van der Waals surface area contributed by atoms with Crippen molar-refractivity contribution in [1.29, 1.82) is 0 Å². The number of hydrogen-bond acceptors (Lipinski definition) is 11. The number of benzene rings is 1. The van der Waals surface area contributed by atoms with Crippen LogP contribution in [0.1, 0.15) is 98.3 Å². The molecule has 0 unspecified atom stereocenters. The van der Waals surface area contributed by atoms with Gasteiger partial charge in [0.25, 0.3) is 0 Å². The Morgan fingerprint density at radius 3 is 2.14 bits per heavy atom. The number of halogens is 3. The molecular weight excluding hydrogens is 774 g/mol. The Bertz CT molecular complexity index is 2170. The largest absolute Gasteiger partial charge is 0.475 e. The van der Waals surface area contributed by atoms with E-state index in [-0.39, 0.29) is 40.6 Å². The van der Waals surface area contributed by atoms with Crippen LogP contribution in [0.3, 0.4) is 0 Å². The van der Waals surface area contributed by atoms with Gasteiger partial charge in [-0.3, -0.25) is 23.7 Å². The van der Waals surface area contributed by atoms with Crippen molar-refractivity contribution < 1.29 is 45.6 Å². The van der Waals surface area contributed by atoms with Gasteiger partial charge >= 0.3 is 26.0 Å². The van der Waals surface area contributed by atoms with Gasteiger partial charge in [-0.2, -0.15) is 13.2 Å². The van der Waals surface area contributed by atoms with Crippen molar-refractivity contribution in [3.63, 3.8) is 0 Å². The number of pyridine rings is 2. The number of alkyl halides is 3. The second-order valence-corrected chi connectivity index (χ2v) is 18.3. The maximum absolute atomic E-state index is 14.2. The first-order valence-electron chi connectivity index (χ1n) is 17.9. The summed E-state index contributed by atoms with van der Waals surface area (Å²) in [5.41, 5.74) is -3.34. The van der Waals surface area contributed by atoms with Crippen LogP contribution in [0.4, 0.5) is 23.8 Å². The summed E-state index contributed by atoms with van der Waals surface area (Å²) in [7, 11) is -4.21. The van der Waals surface area contributed by atoms with E-state index < -0.39 is 59.8 Å². The normalized spacial score (nSPS) is 13.5. The van der Waals surface area contributed by atoms with E-state index in [1.165, 1.54) is 24.5 Å². The number of hydrogen-bond donors (Lipinski definition) is 2. The molecule has 0 spiro atoms. The zero-order chi connectivity index (χ0) is 42.0. The monoisotopic (exact) mass is 823 g/mol. The Kier molecular flexibility index (Phi) is 13.3. The number of carbonyl (C=O) groups is 2. The summed E-state index contributed by atoms with van der Waals surface area (Å²) < 4.78 is 79.8. The zero-order valence-electron chi connectivity index (χ0n) is 33.3. The predicted molar refractivity (Wildman–Crippen MR) is 210 cm³/mol. The van der Waals surface area contributed by atoms with Crippen LogP contribution in [-0.2, 0) is 29.0 Å². The number of phosphoric acid groups is 1. The first-order valence-corrected chi connectivity index (χ1v) is 20.2. The highest BCUT2D eigenvalue weighted by Crippen LogP contribution is 2.56. The quantitative estimate of drug-likeness (QED) is 0.104. The van der Waals surface area contributed by atoms with Gasteiger partial charge in [-0.1, -0.05) is 26.8 Å². The standard InChI is InChI=1S/C38H49F3N5O8PS/c1-12-42-34(49)45-30-17-23(32-44-28(21-56-32)38(39,40)41)25(18-43-30)22-14-15-27-24(16-22)31(47)26(33(48)51-13-2)19-46(27)29(35(3,4)5)20-52-55(50,53-36(6,7)8)54-37(9,10)11/h14-19,21,29H,12-13,20H2,1-11H3,(H2,42,43,45,49)/t29-/m1/s1. The first-order chi connectivity index (χ1) is 25.7. The Hall–Kier alpha value is -4.15. The van der Waals surface area contributed by atoms with Gasteiger partial charge in [-0.25, -0.2) is 24.1 Å². The van der Waals surface area contributed by atoms with E-state index in [4.69, 9.17) is 18.3 Å². The number of urea groups is 1. The summed E-state index contributed by atoms with van der Waals surface area (Å²) in [6.07, 6.45) is -1.97. The van der Waals surface area contributed by atoms with E-state index in [0.717, 1.165) is 16.7 Å². The number of nitrogens with one attached hydrogen (secondary N) is 2. The van der Waals surface area contributed by atoms with E-state index in [2.05, 4.69) is 20.6 Å². The van der Waals surface area contributed by atoms with Crippen LogP contribution < -0.4 is 16.1 Å². The molecule has 0 bridgehead atoms. The average Bonchev–Trinajstić information content (AvgIpc) is 3.55. The lowest BCUT2D eigenvalue weighted by Gasteiger charge is -2.36. The fourth-order valence-electron chi connectivity index (χ4n) is 5.57. The maximum atomic E-state index is 14.2. The van der Waals surface area contributed by atoms with Crippen molar-refractivity contribution >= 4 is 47.9 Å². The molecule has 4 aromatic rings. The van der Waals surface area contributed by atoms with Gasteiger partial charge in [0, 0.05) is 40.8 Å². The van der Waals surface area contributed by atoms with Crippen LogP contribution in [0.25, 0.3) is 32.6 Å². The van der Waals surface area contributed by atoms with Gasteiger partial charge in [0.15, 0.2) is 5.69 Å². The van der Waals surface area contributed by atoms with E-state index in [0.29, 0.717) is 23.2 Å². The molecule has 13 nitrogen and oxygen atoms in total. The highest BCUT2D eigenvalue weighted by atomic mass is 32.1. The summed E-state index contributed by atoms with van der Waals surface area (Å²) in [4.78, 5) is 47.9. The van der Waals surface area contributed by atoms with Crippen molar-refractivity contribution in [1.82, 2.24) is 19.9 Å². The van der Waals surface area contributed by atoms with Gasteiger partial charge < -0.3 is 14.6 Å². The first kappa shape index (κ1) is 44.6. The Morgan fingerprint density at radius 2 is 1.61 bits per heavy atom. The minimum Gasteiger partial charge on any atom is -0.462 e. The van der Waals surface area contributed by atoms with Crippen LogP contribution in [-0.4, -0.2) is 57.5 Å². The number of rotatable bonds is 12. The van der Waals surface area contributed by atoms with Crippen molar-refractivity contribution in [2.75, 3.05) is 25.1 Å². The van der Waals surface area contributed by atoms with Gasteiger partial charge in [0.05, 0.1) is 36.0 Å². The second kappa shape index (κ2) is 16.8. The number of aromatic nitrogens is 3. The number of ether oxygens (including phenoxy) is 1. The lowest BCUT2D eigenvalue weighted by Crippen LogP contribution is -2.32. The summed E-state index contributed by atoms with van der Waals surface area (Å²) in [6.45, 7) is 19.4. The number of amides is 2. The van der Waals surface area contributed by atoms with Crippen LogP contribution >= 0.6 is 19.2 Å². The fraction of sp³-hybridized carbons (Fsp3) is 0.500. The molecule has 0 aliphatic carbocycles. The zero-order valence-corrected chi connectivity index (χ0v) is 35.0. The third-order valence-electron chi connectivity index (χ3n) is 7.84. The van der Waals surface area contributed by atoms with Crippen LogP contribution in [0.5, 0.6) is 0 Å². The minimum atomic E-state index is -4.71. The lowest BCUT2D eigenvalue weighted by atomic mass is 9.86. The minimum absolute atomic E-state index is 0.0148. The molecule has 0 aliphatic heterocycles. The highest BCUT2D eigenvalue weighted by Gasteiger charge is 2.40. The van der Waals surface area contributed by atoms with Crippen LogP contribution in [0.2, 0.25) is 0 Å². The van der Waals surface area contributed by atoms with Gasteiger partial charge in [-0.15, -0.1) is 11.3 Å². The summed E-state index contributed by atoms with van der Waals surface area (Å²) in [6, 6.07) is 4.90. The molecule has 1 aromatic carbocycles. The number of esters is 1. The van der Waals surface area contributed by atoms with Gasteiger partial charge in [0.1, 0.15) is 16.4 Å². The molecule has 18 heteroatoms. The smallest absolute Gasteiger partial charge is 0.462 e. The summed E-state index contributed by atoms with van der Waals surface area (Å²) in [5, 5.41) is 6.06. The summed E-state index contributed by atoms with van der Waals surface area (Å²) in [5.74, 6) is -0.835. The van der Waals surface area contributed by atoms with Crippen LogP contribution in [0.15, 0.2) is 46.8 Å². The van der Waals surface area contributed by atoms with E-state index in [1.807, 2.05) is 20.8 Å². The molecule has 3 heterocycles. The molecule has 306 valence electrons. The van der Waals surface area contributed by atoms with Gasteiger partial charge in [-0.05, 0) is 84.6 Å². The topological polar surface area (TPSA) is 160 Å². The number of nitrogens with zero attached hydrogens (tertiary/aromatic N) is 3. The number of anilines is 1. The molecule has 0 aliphatic rings. The number of fused-ring (bicyclic) bond motifs is 1. The number of thiazole rings is 1. The number of phosphoric ester groups is 1. The molecule has 2 amide bonds. The average molecular weight is 824 g/mol. The van der Waals surface area contributed by atoms with Crippen molar-refractivity contribution in [2.24, 2.45) is 5.41 Å². The molecule has 0 fully saturated rings. The Morgan fingerprint density at radius 1 is 0.964 bits per heavy atom. The molecule has 4 rings (SSSR count). The number of carbonyl (C=O) groups excluding carboxylic acids is 2. The van der Waals surface area contributed by atoms with Crippen molar-refractivity contribution in [2.45, 2.75) is 99.6 Å². The molecule has 0 saturated heterocycles. The lowest BCUT2D eigenvalue weighted by molar-refractivity contribution is -0.140.